The van der Waals surface area contributed by atoms with Crippen molar-refractivity contribution in [2.45, 2.75) is 32.8 Å². The van der Waals surface area contributed by atoms with E-state index < -0.39 is 0 Å². The van der Waals surface area contributed by atoms with E-state index in [0.29, 0.717) is 12.5 Å². The summed E-state index contributed by atoms with van der Waals surface area (Å²) in [6.07, 6.45) is 0.160. The van der Waals surface area contributed by atoms with E-state index >= 15 is 0 Å². The summed E-state index contributed by atoms with van der Waals surface area (Å²) in [5, 5.41) is 0. The Labute approximate surface area is 84.8 Å². The monoisotopic (exact) mass is 192 g/mol. The molecule has 0 N–H and O–H groups in total. The van der Waals surface area contributed by atoms with Gasteiger partial charge < -0.3 is 9.47 Å². The molecule has 0 saturated carbocycles. The molecule has 0 radical (unpaired) electrons. The van der Waals surface area contributed by atoms with Gasteiger partial charge in [-0.15, -0.1) is 0 Å². The number of hydrogen-bond donors (Lipinski definition) is 0. The lowest BCUT2D eigenvalue weighted by molar-refractivity contribution is 0.104. The summed E-state index contributed by atoms with van der Waals surface area (Å²) in [6, 6.07) is 6.18. The van der Waals surface area contributed by atoms with Crippen LogP contribution in [0.25, 0.3) is 0 Å². The van der Waals surface area contributed by atoms with Gasteiger partial charge in [-0.25, -0.2) is 0 Å². The average molecular weight is 192 g/mol. The average Bonchev–Trinajstić information content (AvgIpc) is 2.16. The largest absolute Gasteiger partial charge is 0.486 e. The molecule has 0 spiro atoms. The van der Waals surface area contributed by atoms with Gasteiger partial charge in [-0.1, -0.05) is 19.9 Å². The molecule has 76 valence electrons. The number of fused-ring (bicyclic) bond motifs is 1. The van der Waals surface area contributed by atoms with Crippen molar-refractivity contribution < 1.29 is 9.47 Å². The van der Waals surface area contributed by atoms with E-state index in [1.165, 1.54) is 5.56 Å². The second-order valence-electron chi connectivity index (χ2n) is 4.10. The molecule has 1 unspecified atom stereocenters. The highest BCUT2D eigenvalue weighted by molar-refractivity contribution is 5.44. The summed E-state index contributed by atoms with van der Waals surface area (Å²) in [5.41, 5.74) is 1.29. The van der Waals surface area contributed by atoms with Gasteiger partial charge in [0.25, 0.3) is 0 Å². The summed E-state index contributed by atoms with van der Waals surface area (Å²) >= 11 is 0. The van der Waals surface area contributed by atoms with E-state index in [1.54, 1.807) is 0 Å². The standard InChI is InChI=1S/C12H16O2/c1-8(2)10-4-5-11-12(6-10)13-7-9(3)14-11/h4-6,8-9H,7H2,1-3H3. The van der Waals surface area contributed by atoms with Gasteiger partial charge in [-0.3, -0.25) is 0 Å². The number of ether oxygens (including phenoxy) is 2. The predicted molar refractivity (Wildman–Crippen MR) is 56.1 cm³/mol. The fraction of sp³-hybridized carbons (Fsp3) is 0.500. The van der Waals surface area contributed by atoms with Crippen molar-refractivity contribution in [2.75, 3.05) is 6.61 Å². The zero-order valence-electron chi connectivity index (χ0n) is 8.91. The SMILES string of the molecule is CC1COc2cc(C(C)C)ccc2O1. The lowest BCUT2D eigenvalue weighted by Gasteiger charge is -2.24. The normalized spacial score (nSPS) is 19.9. The van der Waals surface area contributed by atoms with E-state index in [-0.39, 0.29) is 6.10 Å². The third-order valence-electron chi connectivity index (χ3n) is 2.44. The van der Waals surface area contributed by atoms with Gasteiger partial charge in [0, 0.05) is 0 Å². The van der Waals surface area contributed by atoms with Crippen LogP contribution in [-0.4, -0.2) is 12.7 Å². The summed E-state index contributed by atoms with van der Waals surface area (Å²) in [5.74, 6) is 2.28. The smallest absolute Gasteiger partial charge is 0.161 e. The van der Waals surface area contributed by atoms with Crippen LogP contribution < -0.4 is 9.47 Å². The lowest BCUT2D eigenvalue weighted by Crippen LogP contribution is -2.25. The van der Waals surface area contributed by atoms with Gasteiger partial charge in [0.1, 0.15) is 12.7 Å². The maximum atomic E-state index is 5.64. The van der Waals surface area contributed by atoms with Gasteiger partial charge in [-0.2, -0.15) is 0 Å². The fourth-order valence-electron chi connectivity index (χ4n) is 1.55. The molecule has 1 aliphatic heterocycles. The Morgan fingerprint density at radius 2 is 2.07 bits per heavy atom. The van der Waals surface area contributed by atoms with E-state index in [0.717, 1.165) is 11.5 Å². The van der Waals surface area contributed by atoms with Crippen LogP contribution in [0.2, 0.25) is 0 Å². The van der Waals surface area contributed by atoms with Crippen molar-refractivity contribution in [1.29, 1.82) is 0 Å². The molecule has 1 aliphatic rings. The van der Waals surface area contributed by atoms with Gasteiger partial charge >= 0.3 is 0 Å². The molecule has 0 aromatic heterocycles. The minimum atomic E-state index is 0.160. The van der Waals surface area contributed by atoms with Crippen LogP contribution in [-0.2, 0) is 0 Å². The highest BCUT2D eigenvalue weighted by atomic mass is 16.6. The van der Waals surface area contributed by atoms with Crippen molar-refractivity contribution in [3.05, 3.63) is 23.8 Å². The second-order valence-corrected chi connectivity index (χ2v) is 4.10. The highest BCUT2D eigenvalue weighted by Gasteiger charge is 2.17. The maximum absolute atomic E-state index is 5.64. The Bertz CT molecular complexity index is 331. The van der Waals surface area contributed by atoms with Gasteiger partial charge in [0.2, 0.25) is 0 Å². The fourth-order valence-corrected chi connectivity index (χ4v) is 1.55. The first-order valence-electron chi connectivity index (χ1n) is 5.10. The highest BCUT2D eigenvalue weighted by Crippen LogP contribution is 2.34. The zero-order chi connectivity index (χ0) is 10.1. The molecular formula is C12H16O2. The van der Waals surface area contributed by atoms with Crippen molar-refractivity contribution in [1.82, 2.24) is 0 Å². The quantitative estimate of drug-likeness (QED) is 0.681. The Hall–Kier alpha value is -1.18. The summed E-state index contributed by atoms with van der Waals surface area (Å²) in [7, 11) is 0. The molecule has 1 atom stereocenters. The topological polar surface area (TPSA) is 18.5 Å². The van der Waals surface area contributed by atoms with Crippen molar-refractivity contribution >= 4 is 0 Å². The van der Waals surface area contributed by atoms with E-state index in [1.807, 2.05) is 13.0 Å². The van der Waals surface area contributed by atoms with E-state index in [4.69, 9.17) is 9.47 Å². The number of benzene rings is 1. The molecule has 2 rings (SSSR count). The summed E-state index contributed by atoms with van der Waals surface area (Å²) in [4.78, 5) is 0. The van der Waals surface area contributed by atoms with Crippen LogP contribution in [0.3, 0.4) is 0 Å². The van der Waals surface area contributed by atoms with Crippen LogP contribution in [0.15, 0.2) is 18.2 Å². The molecule has 0 aliphatic carbocycles. The van der Waals surface area contributed by atoms with E-state index in [9.17, 15) is 0 Å². The molecule has 2 nitrogen and oxygen atoms in total. The van der Waals surface area contributed by atoms with Gasteiger partial charge in [0.15, 0.2) is 11.5 Å². The Morgan fingerprint density at radius 3 is 2.79 bits per heavy atom. The molecule has 1 aromatic rings. The molecule has 1 heterocycles. The Morgan fingerprint density at radius 1 is 1.29 bits per heavy atom. The molecule has 1 aromatic carbocycles. The zero-order valence-corrected chi connectivity index (χ0v) is 8.91. The maximum Gasteiger partial charge on any atom is 0.161 e. The predicted octanol–water partition coefficient (Wildman–Crippen LogP) is 2.97. The third kappa shape index (κ3) is 1.69. The van der Waals surface area contributed by atoms with Gasteiger partial charge in [-0.05, 0) is 30.5 Å². The first kappa shape index (κ1) is 9.38. The lowest BCUT2D eigenvalue weighted by atomic mass is 10.0. The Kier molecular flexibility index (Phi) is 2.36. The molecule has 0 saturated heterocycles. The molecule has 14 heavy (non-hydrogen) atoms. The van der Waals surface area contributed by atoms with Crippen LogP contribution in [0.1, 0.15) is 32.3 Å². The van der Waals surface area contributed by atoms with Crippen LogP contribution in [0, 0.1) is 0 Å². The van der Waals surface area contributed by atoms with Crippen LogP contribution in [0.5, 0.6) is 11.5 Å². The van der Waals surface area contributed by atoms with Crippen molar-refractivity contribution in [2.24, 2.45) is 0 Å². The van der Waals surface area contributed by atoms with E-state index in [2.05, 4.69) is 26.0 Å². The minimum absolute atomic E-state index is 0.160. The van der Waals surface area contributed by atoms with Crippen molar-refractivity contribution in [3.63, 3.8) is 0 Å². The second kappa shape index (κ2) is 3.52. The van der Waals surface area contributed by atoms with Crippen LogP contribution >= 0.6 is 0 Å². The van der Waals surface area contributed by atoms with Crippen LogP contribution in [0.4, 0.5) is 0 Å². The number of rotatable bonds is 1. The number of hydrogen-bond acceptors (Lipinski definition) is 2. The summed E-state index contributed by atoms with van der Waals surface area (Å²) < 4.78 is 11.2. The van der Waals surface area contributed by atoms with Crippen molar-refractivity contribution in [3.8, 4) is 11.5 Å². The molecule has 0 amide bonds. The first-order valence-corrected chi connectivity index (χ1v) is 5.10. The third-order valence-corrected chi connectivity index (χ3v) is 2.44. The molecule has 0 fully saturated rings. The molecule has 0 bridgehead atoms. The molecular weight excluding hydrogens is 176 g/mol. The first-order chi connectivity index (χ1) is 6.66. The molecule has 2 heteroatoms. The van der Waals surface area contributed by atoms with Gasteiger partial charge in [0.05, 0.1) is 0 Å². The Balaban J connectivity index is 2.31. The summed E-state index contributed by atoms with van der Waals surface area (Å²) in [6.45, 7) is 7.01. The minimum Gasteiger partial charge on any atom is -0.486 e.